The predicted molar refractivity (Wildman–Crippen MR) is 32.5 cm³/mol. The third kappa shape index (κ3) is 2.77. The van der Waals surface area contributed by atoms with E-state index in [1.807, 2.05) is 0 Å². The zero-order chi connectivity index (χ0) is 6.57. The van der Waals surface area contributed by atoms with E-state index >= 15 is 0 Å². The van der Waals surface area contributed by atoms with Crippen molar-refractivity contribution < 1.29 is 10.2 Å². The van der Waals surface area contributed by atoms with Gasteiger partial charge >= 0.3 is 0 Å². The summed E-state index contributed by atoms with van der Waals surface area (Å²) in [4.78, 5) is 0. The Morgan fingerprint density at radius 2 is 2.25 bits per heavy atom. The van der Waals surface area contributed by atoms with Crippen molar-refractivity contribution in [3.63, 3.8) is 0 Å². The maximum atomic E-state index is 8.87. The molecule has 0 fully saturated rings. The maximum absolute atomic E-state index is 8.87. The van der Waals surface area contributed by atoms with Crippen LogP contribution in [0.15, 0.2) is 12.2 Å². The van der Waals surface area contributed by atoms with Crippen LogP contribution in [0.4, 0.5) is 0 Å². The van der Waals surface area contributed by atoms with E-state index in [0.717, 1.165) is 0 Å². The van der Waals surface area contributed by atoms with Crippen LogP contribution in [0.5, 0.6) is 0 Å². The van der Waals surface area contributed by atoms with Crippen molar-refractivity contribution in [2.45, 2.75) is 19.4 Å². The van der Waals surface area contributed by atoms with Crippen LogP contribution in [0.2, 0.25) is 0 Å². The van der Waals surface area contributed by atoms with Gasteiger partial charge in [0, 0.05) is 13.0 Å². The first-order valence-electron chi connectivity index (χ1n) is 2.62. The average Bonchev–Trinajstić information content (AvgIpc) is 1.67. The minimum absolute atomic E-state index is 0.0219. The van der Waals surface area contributed by atoms with Crippen LogP contribution in [0, 0.1) is 0 Å². The van der Waals surface area contributed by atoms with Crippen molar-refractivity contribution in [1.82, 2.24) is 0 Å². The van der Waals surface area contributed by atoms with E-state index in [1.54, 1.807) is 6.92 Å². The largest absolute Gasteiger partial charge is 0.396 e. The predicted octanol–water partition coefficient (Wildman–Crippen LogP) is 0.306. The molecule has 0 saturated heterocycles. The Kier molecular flexibility index (Phi) is 3.48. The third-order valence-electron chi connectivity index (χ3n) is 0.971. The molecule has 0 radical (unpaired) electrons. The van der Waals surface area contributed by atoms with Gasteiger partial charge in [-0.3, -0.25) is 0 Å². The summed E-state index contributed by atoms with van der Waals surface area (Å²) < 4.78 is 0. The molecule has 0 spiro atoms. The van der Waals surface area contributed by atoms with Gasteiger partial charge in [-0.1, -0.05) is 12.2 Å². The summed E-state index contributed by atoms with van der Waals surface area (Å²) in [6, 6.07) is 0. The highest BCUT2D eigenvalue weighted by Gasteiger charge is 2.00. The topological polar surface area (TPSA) is 40.5 Å². The van der Waals surface area contributed by atoms with Gasteiger partial charge in [-0.25, -0.2) is 0 Å². The second kappa shape index (κ2) is 3.64. The summed E-state index contributed by atoms with van der Waals surface area (Å²) >= 11 is 0. The van der Waals surface area contributed by atoms with E-state index in [4.69, 9.17) is 10.2 Å². The van der Waals surface area contributed by atoms with Crippen LogP contribution in [0.1, 0.15) is 13.3 Å². The van der Waals surface area contributed by atoms with Gasteiger partial charge in [-0.2, -0.15) is 0 Å². The van der Waals surface area contributed by atoms with E-state index in [1.165, 1.54) is 0 Å². The smallest absolute Gasteiger partial charge is 0.0766 e. The molecule has 2 heteroatoms. The average molecular weight is 116 g/mol. The zero-order valence-corrected chi connectivity index (χ0v) is 5.09. The SMILES string of the molecule is C=C(C)C(O)CCO. The van der Waals surface area contributed by atoms with Crippen LogP contribution in [0.3, 0.4) is 0 Å². The van der Waals surface area contributed by atoms with Crippen LogP contribution < -0.4 is 0 Å². The van der Waals surface area contributed by atoms with E-state index in [-0.39, 0.29) is 6.61 Å². The number of rotatable bonds is 3. The summed E-state index contributed by atoms with van der Waals surface area (Å²) in [5.74, 6) is 0. The molecular weight excluding hydrogens is 104 g/mol. The van der Waals surface area contributed by atoms with Crippen molar-refractivity contribution in [2.75, 3.05) is 6.61 Å². The first kappa shape index (κ1) is 7.66. The second-order valence-electron chi connectivity index (χ2n) is 1.87. The van der Waals surface area contributed by atoms with Gasteiger partial charge in [-0.15, -0.1) is 0 Å². The lowest BCUT2D eigenvalue weighted by molar-refractivity contribution is 0.161. The van der Waals surface area contributed by atoms with Gasteiger partial charge in [0.1, 0.15) is 0 Å². The number of aliphatic hydroxyl groups is 2. The molecule has 0 bridgehead atoms. The summed E-state index contributed by atoms with van der Waals surface area (Å²) in [6.45, 7) is 5.27. The molecule has 0 aliphatic heterocycles. The van der Waals surface area contributed by atoms with Gasteiger partial charge in [0.2, 0.25) is 0 Å². The second-order valence-corrected chi connectivity index (χ2v) is 1.87. The number of hydrogen-bond donors (Lipinski definition) is 2. The van der Waals surface area contributed by atoms with Gasteiger partial charge in [0.15, 0.2) is 0 Å². The van der Waals surface area contributed by atoms with Crippen LogP contribution >= 0.6 is 0 Å². The van der Waals surface area contributed by atoms with Gasteiger partial charge in [0.05, 0.1) is 6.10 Å². The zero-order valence-electron chi connectivity index (χ0n) is 5.09. The summed E-state index contributed by atoms with van der Waals surface area (Å²) in [5, 5.41) is 17.2. The molecule has 1 unspecified atom stereocenters. The van der Waals surface area contributed by atoms with E-state index in [0.29, 0.717) is 12.0 Å². The Labute approximate surface area is 49.5 Å². The molecule has 48 valence electrons. The lowest BCUT2D eigenvalue weighted by atomic mass is 10.1. The monoisotopic (exact) mass is 116 g/mol. The molecule has 0 aromatic heterocycles. The molecule has 0 rings (SSSR count). The molecule has 0 aliphatic carbocycles. The highest BCUT2D eigenvalue weighted by Crippen LogP contribution is 2.00. The lowest BCUT2D eigenvalue weighted by Crippen LogP contribution is -2.08. The molecule has 2 N–H and O–H groups in total. The van der Waals surface area contributed by atoms with Crippen LogP contribution in [-0.2, 0) is 0 Å². The van der Waals surface area contributed by atoms with Crippen molar-refractivity contribution in [1.29, 1.82) is 0 Å². The molecule has 1 atom stereocenters. The quantitative estimate of drug-likeness (QED) is 0.521. The summed E-state index contributed by atoms with van der Waals surface area (Å²) in [5.41, 5.74) is 0.707. The van der Waals surface area contributed by atoms with Crippen molar-refractivity contribution in [3.8, 4) is 0 Å². The lowest BCUT2D eigenvalue weighted by Gasteiger charge is -2.05. The van der Waals surface area contributed by atoms with Crippen LogP contribution in [0.25, 0.3) is 0 Å². The molecule has 0 aliphatic rings. The molecule has 0 saturated carbocycles. The van der Waals surface area contributed by atoms with Crippen molar-refractivity contribution >= 4 is 0 Å². The Bertz CT molecular complexity index is 78.6. The van der Waals surface area contributed by atoms with E-state index in [2.05, 4.69) is 6.58 Å². The van der Waals surface area contributed by atoms with Gasteiger partial charge < -0.3 is 10.2 Å². The van der Waals surface area contributed by atoms with Crippen molar-refractivity contribution in [3.05, 3.63) is 12.2 Å². The summed E-state index contributed by atoms with van der Waals surface area (Å²) in [7, 11) is 0. The first-order chi connectivity index (χ1) is 3.68. The molecule has 0 aromatic rings. The van der Waals surface area contributed by atoms with Crippen molar-refractivity contribution in [2.24, 2.45) is 0 Å². The van der Waals surface area contributed by atoms with E-state index < -0.39 is 6.10 Å². The normalized spacial score (nSPS) is 13.4. The fourth-order valence-electron chi connectivity index (χ4n) is 0.369. The first-order valence-corrected chi connectivity index (χ1v) is 2.62. The number of aliphatic hydroxyl groups excluding tert-OH is 2. The van der Waals surface area contributed by atoms with Gasteiger partial charge in [-0.05, 0) is 6.92 Å². The molecular formula is C6H12O2. The fourth-order valence-corrected chi connectivity index (χ4v) is 0.369. The standard InChI is InChI=1S/C6H12O2/c1-5(2)6(8)3-4-7/h6-8H,1,3-4H2,2H3. The Morgan fingerprint density at radius 1 is 1.75 bits per heavy atom. The highest BCUT2D eigenvalue weighted by molar-refractivity contribution is 4.95. The minimum Gasteiger partial charge on any atom is -0.396 e. The number of hydrogen-bond acceptors (Lipinski definition) is 2. The summed E-state index contributed by atoms with van der Waals surface area (Å²) in [6.07, 6.45) is -0.130. The molecule has 0 aromatic carbocycles. The molecule has 0 amide bonds. The maximum Gasteiger partial charge on any atom is 0.0766 e. The molecule has 8 heavy (non-hydrogen) atoms. The van der Waals surface area contributed by atoms with Crippen LogP contribution in [-0.4, -0.2) is 22.9 Å². The third-order valence-corrected chi connectivity index (χ3v) is 0.971. The highest BCUT2D eigenvalue weighted by atomic mass is 16.3. The Balaban J connectivity index is 3.32. The Morgan fingerprint density at radius 3 is 2.38 bits per heavy atom. The molecule has 0 heterocycles. The van der Waals surface area contributed by atoms with E-state index in [9.17, 15) is 0 Å². The molecule has 2 nitrogen and oxygen atoms in total. The fraction of sp³-hybridized carbons (Fsp3) is 0.667. The Hall–Kier alpha value is -0.340. The minimum atomic E-state index is -0.528. The van der Waals surface area contributed by atoms with Gasteiger partial charge in [0.25, 0.3) is 0 Å².